The Kier molecular flexibility index (Phi) is 4.42. The quantitative estimate of drug-likeness (QED) is 0.811. The van der Waals surface area contributed by atoms with E-state index in [0.29, 0.717) is 28.3 Å². The Bertz CT molecular complexity index is 1040. The summed E-state index contributed by atoms with van der Waals surface area (Å²) in [5.74, 6) is -2.69. The average molecular weight is 408 g/mol. The lowest BCUT2D eigenvalue weighted by molar-refractivity contribution is -0.00603. The fourth-order valence-electron chi connectivity index (χ4n) is 3.65. The van der Waals surface area contributed by atoms with Crippen LogP contribution in [-0.2, 0) is 22.1 Å². The molecule has 1 unspecified atom stereocenters. The molecular weight excluding hydrogens is 386 g/mol. The smallest absolute Gasteiger partial charge is 0.290 e. The van der Waals surface area contributed by atoms with Crippen molar-refractivity contribution in [1.82, 2.24) is 9.97 Å². The molecule has 2 aliphatic rings. The maximum absolute atomic E-state index is 14.5. The van der Waals surface area contributed by atoms with Gasteiger partial charge in [-0.1, -0.05) is 19.1 Å². The minimum atomic E-state index is -3.03. The topological polar surface area (TPSA) is 90.2 Å². The molecule has 2 aromatic rings. The van der Waals surface area contributed by atoms with E-state index in [2.05, 4.69) is 9.97 Å². The van der Waals surface area contributed by atoms with E-state index in [0.717, 1.165) is 0 Å². The van der Waals surface area contributed by atoms with Crippen LogP contribution in [0.2, 0.25) is 0 Å². The predicted octanol–water partition coefficient (Wildman–Crippen LogP) is 3.18. The fourth-order valence-corrected chi connectivity index (χ4v) is 4.60. The van der Waals surface area contributed by atoms with E-state index in [1.807, 2.05) is 0 Å². The summed E-state index contributed by atoms with van der Waals surface area (Å²) in [5.41, 5.74) is 1.07. The first-order valence-corrected chi connectivity index (χ1v) is 11.0. The van der Waals surface area contributed by atoms with Crippen LogP contribution in [0, 0.1) is 4.78 Å². The van der Waals surface area contributed by atoms with Crippen LogP contribution in [0.25, 0.3) is 11.3 Å². The normalized spacial score (nSPS) is 25.1. The monoisotopic (exact) mass is 408 g/mol. The summed E-state index contributed by atoms with van der Waals surface area (Å²) >= 11 is 0. The lowest BCUT2D eigenvalue weighted by Crippen LogP contribution is -2.59. The van der Waals surface area contributed by atoms with Gasteiger partial charge in [0.1, 0.15) is 5.69 Å². The van der Waals surface area contributed by atoms with E-state index >= 15 is 0 Å². The van der Waals surface area contributed by atoms with Gasteiger partial charge in [-0.05, 0) is 25.5 Å². The van der Waals surface area contributed by atoms with E-state index < -0.39 is 21.8 Å². The highest BCUT2D eigenvalue weighted by Gasteiger charge is 2.45. The Morgan fingerprint density at radius 3 is 2.79 bits per heavy atom. The van der Waals surface area contributed by atoms with Crippen LogP contribution >= 0.6 is 0 Å². The molecule has 0 radical (unpaired) electrons. The van der Waals surface area contributed by atoms with Gasteiger partial charge < -0.3 is 10.0 Å². The summed E-state index contributed by atoms with van der Waals surface area (Å²) in [6.45, 7) is 3.76. The number of benzene rings is 1. The Balaban J connectivity index is 1.88. The molecule has 1 aliphatic carbocycles. The number of fused-ring (bicyclic) bond motifs is 1. The van der Waals surface area contributed by atoms with Gasteiger partial charge in [0.05, 0.1) is 27.6 Å². The number of aliphatic hydroxyl groups excluding tert-OH is 1. The molecule has 2 heterocycles. The van der Waals surface area contributed by atoms with Crippen LogP contribution in [0.4, 0.5) is 14.7 Å². The fraction of sp³-hybridized carbons (Fsp3) is 0.474. The Morgan fingerprint density at radius 1 is 1.39 bits per heavy atom. The molecule has 9 heteroatoms. The molecule has 4 rings (SSSR count). The number of nitrogens with one attached hydrogen (secondary N) is 1. The van der Waals surface area contributed by atoms with Gasteiger partial charge in [-0.3, -0.25) is 0 Å². The van der Waals surface area contributed by atoms with E-state index in [1.54, 1.807) is 43.0 Å². The first-order valence-electron chi connectivity index (χ1n) is 9.25. The van der Waals surface area contributed by atoms with Crippen molar-refractivity contribution < 1.29 is 18.1 Å². The third-order valence-corrected chi connectivity index (χ3v) is 7.44. The van der Waals surface area contributed by atoms with Crippen LogP contribution < -0.4 is 4.90 Å². The molecule has 1 aliphatic heterocycles. The second-order valence-electron chi connectivity index (χ2n) is 7.36. The van der Waals surface area contributed by atoms with Crippen molar-refractivity contribution in [1.29, 1.82) is 4.78 Å². The maximum atomic E-state index is 14.5. The van der Waals surface area contributed by atoms with E-state index in [9.17, 15) is 18.1 Å². The standard InChI is InChI=1S/C19H22F2N4O2S/c1-3-28(22,27)13-6-4-5-12(9-13)16-14-7-8-19(20,21)17(14)24-18(23-16)25-10-15(26)11(25)2/h4-6,9,11,15,22,26H,3,7-8,10H2,1-2H3/t11-,15+,28?/m0/s1. The second-order valence-corrected chi connectivity index (χ2v) is 9.76. The molecule has 0 spiro atoms. The Labute approximate surface area is 162 Å². The van der Waals surface area contributed by atoms with Gasteiger partial charge >= 0.3 is 0 Å². The summed E-state index contributed by atoms with van der Waals surface area (Å²) < 4.78 is 49.4. The lowest BCUT2D eigenvalue weighted by atomic mass is 10.0. The van der Waals surface area contributed by atoms with Crippen molar-refractivity contribution in [2.45, 2.75) is 49.7 Å². The highest BCUT2D eigenvalue weighted by atomic mass is 32.2. The number of hydrogen-bond donors (Lipinski definition) is 2. The molecular formula is C19H22F2N4O2S. The summed E-state index contributed by atoms with van der Waals surface area (Å²) in [6.07, 6.45) is -0.707. The number of alkyl halides is 2. The van der Waals surface area contributed by atoms with Crippen molar-refractivity contribution in [3.63, 3.8) is 0 Å². The van der Waals surface area contributed by atoms with Crippen molar-refractivity contribution in [2.24, 2.45) is 0 Å². The van der Waals surface area contributed by atoms with Crippen molar-refractivity contribution in [2.75, 3.05) is 17.2 Å². The zero-order valence-electron chi connectivity index (χ0n) is 15.7. The Hall–Kier alpha value is -2.13. The summed E-state index contributed by atoms with van der Waals surface area (Å²) in [7, 11) is -2.94. The predicted molar refractivity (Wildman–Crippen MR) is 102 cm³/mol. The first-order chi connectivity index (χ1) is 13.1. The third kappa shape index (κ3) is 2.97. The summed E-state index contributed by atoms with van der Waals surface area (Å²) in [6, 6.07) is 6.38. The number of β-amino-alcohol motifs (C(OH)–C–C–N with tert-alkyl or cyclic N) is 1. The molecule has 0 saturated carbocycles. The number of aliphatic hydroxyl groups is 1. The number of anilines is 1. The molecule has 3 atom stereocenters. The van der Waals surface area contributed by atoms with Crippen LogP contribution in [0.15, 0.2) is 29.2 Å². The van der Waals surface area contributed by atoms with Crippen LogP contribution in [-0.4, -0.2) is 43.7 Å². The largest absolute Gasteiger partial charge is 0.389 e. The zero-order chi connectivity index (χ0) is 20.3. The van der Waals surface area contributed by atoms with Gasteiger partial charge in [0.15, 0.2) is 0 Å². The molecule has 0 amide bonds. The molecule has 6 nitrogen and oxygen atoms in total. The third-order valence-electron chi connectivity index (χ3n) is 5.61. The Morgan fingerprint density at radius 2 is 2.14 bits per heavy atom. The van der Waals surface area contributed by atoms with Crippen molar-refractivity contribution in [3.8, 4) is 11.3 Å². The molecule has 1 aromatic heterocycles. The van der Waals surface area contributed by atoms with Gasteiger partial charge in [0.2, 0.25) is 5.95 Å². The van der Waals surface area contributed by atoms with Crippen LogP contribution in [0.5, 0.6) is 0 Å². The van der Waals surface area contributed by atoms with Crippen molar-refractivity contribution >= 4 is 15.7 Å². The highest BCUT2D eigenvalue weighted by Crippen LogP contribution is 2.45. The molecule has 0 bridgehead atoms. The molecule has 1 aromatic carbocycles. The summed E-state index contributed by atoms with van der Waals surface area (Å²) in [4.78, 5) is 10.8. The molecule has 150 valence electrons. The lowest BCUT2D eigenvalue weighted by Gasteiger charge is -2.43. The number of aromatic nitrogens is 2. The van der Waals surface area contributed by atoms with Gasteiger partial charge in [-0.2, -0.15) is 8.78 Å². The molecule has 28 heavy (non-hydrogen) atoms. The average Bonchev–Trinajstić information content (AvgIpc) is 3.00. The molecule has 1 saturated heterocycles. The highest BCUT2D eigenvalue weighted by molar-refractivity contribution is 7.92. The van der Waals surface area contributed by atoms with Crippen LogP contribution in [0.3, 0.4) is 0 Å². The molecule has 2 N–H and O–H groups in total. The van der Waals surface area contributed by atoms with E-state index in [1.165, 1.54) is 0 Å². The minimum Gasteiger partial charge on any atom is -0.389 e. The zero-order valence-corrected chi connectivity index (χ0v) is 16.5. The van der Waals surface area contributed by atoms with E-state index in [-0.39, 0.29) is 36.3 Å². The van der Waals surface area contributed by atoms with Gasteiger partial charge in [-0.15, -0.1) is 0 Å². The maximum Gasteiger partial charge on any atom is 0.290 e. The van der Waals surface area contributed by atoms with E-state index in [4.69, 9.17) is 4.78 Å². The number of halogens is 2. The van der Waals surface area contributed by atoms with Crippen molar-refractivity contribution in [3.05, 3.63) is 35.5 Å². The van der Waals surface area contributed by atoms with Crippen LogP contribution in [0.1, 0.15) is 31.5 Å². The van der Waals surface area contributed by atoms with Gasteiger partial charge in [-0.25, -0.2) is 19.0 Å². The molecule has 1 fully saturated rings. The number of hydrogen-bond acceptors (Lipinski definition) is 6. The first kappa shape index (κ1) is 19.2. The van der Waals surface area contributed by atoms with Gasteiger partial charge in [0, 0.05) is 34.7 Å². The minimum absolute atomic E-state index is 0.157. The number of rotatable bonds is 4. The SMILES string of the molecule is CCS(=N)(=O)c1cccc(-c2nc(N3C[C@@H](O)[C@@H]3C)nc3c2CCC3(F)F)c1. The number of nitrogens with zero attached hydrogens (tertiary/aromatic N) is 3. The summed E-state index contributed by atoms with van der Waals surface area (Å²) in [5, 5.41) is 9.79. The second kappa shape index (κ2) is 6.45. The van der Waals surface area contributed by atoms with Gasteiger partial charge in [0.25, 0.3) is 5.92 Å².